The molecule has 0 saturated heterocycles. The van der Waals surface area contributed by atoms with Gasteiger partial charge in [-0.1, -0.05) is 32.4 Å². The maximum absolute atomic E-state index is 12.0. The summed E-state index contributed by atoms with van der Waals surface area (Å²) in [5.41, 5.74) is -0.339. The van der Waals surface area contributed by atoms with E-state index in [2.05, 4.69) is 10.6 Å². The van der Waals surface area contributed by atoms with E-state index >= 15 is 0 Å². The molecule has 1 rings (SSSR count). The van der Waals surface area contributed by atoms with E-state index in [1.165, 1.54) is 33.3 Å². The minimum Gasteiger partial charge on any atom is -0.495 e. The monoisotopic (exact) mass is 400 g/mol. The summed E-state index contributed by atoms with van der Waals surface area (Å²) in [6.45, 7) is 6.13. The Bertz CT molecular complexity index is 715. The van der Waals surface area contributed by atoms with Crippen molar-refractivity contribution in [2.45, 2.75) is 33.7 Å². The largest absolute Gasteiger partial charge is 0.495 e. The number of amides is 2. The van der Waals surface area contributed by atoms with Crippen molar-refractivity contribution in [3.05, 3.63) is 17.2 Å². The van der Waals surface area contributed by atoms with Crippen LogP contribution in [0, 0.1) is 5.41 Å². The molecule has 0 fully saturated rings. The summed E-state index contributed by atoms with van der Waals surface area (Å²) in [5.74, 6) is -0.878. The predicted octanol–water partition coefficient (Wildman–Crippen LogP) is 2.39. The lowest BCUT2D eigenvalue weighted by atomic mass is 9.95. The van der Waals surface area contributed by atoms with Gasteiger partial charge in [0, 0.05) is 11.5 Å². The van der Waals surface area contributed by atoms with E-state index in [1.54, 1.807) is 20.8 Å². The summed E-state index contributed by atoms with van der Waals surface area (Å²) in [5, 5.41) is 5.36. The Hall–Kier alpha value is -2.48. The molecule has 0 saturated carbocycles. The number of halogens is 1. The van der Waals surface area contributed by atoms with Gasteiger partial charge in [0.1, 0.15) is 17.5 Å². The van der Waals surface area contributed by atoms with Gasteiger partial charge >= 0.3 is 5.97 Å². The number of carbonyl (C=O) groups is 3. The summed E-state index contributed by atoms with van der Waals surface area (Å²) in [6, 6.07) is 2.11. The van der Waals surface area contributed by atoms with Crippen LogP contribution in [0.5, 0.6) is 11.5 Å². The van der Waals surface area contributed by atoms with Crippen LogP contribution in [0.15, 0.2) is 12.1 Å². The molecule has 0 heterocycles. The maximum Gasteiger partial charge on any atom is 0.328 e. The van der Waals surface area contributed by atoms with E-state index in [0.717, 1.165) is 0 Å². The molecule has 2 amide bonds. The molecule has 0 aliphatic heterocycles. The minimum absolute atomic E-state index is 0.282. The second kappa shape index (κ2) is 9.45. The van der Waals surface area contributed by atoms with Crippen molar-refractivity contribution in [3.8, 4) is 11.5 Å². The topological polar surface area (TPSA) is 103 Å². The average Bonchev–Trinajstić information content (AvgIpc) is 2.58. The van der Waals surface area contributed by atoms with Gasteiger partial charge < -0.3 is 24.8 Å². The number of esters is 1. The van der Waals surface area contributed by atoms with Crippen molar-refractivity contribution in [1.82, 2.24) is 5.32 Å². The lowest BCUT2D eigenvalue weighted by Gasteiger charge is -2.21. The first-order valence-electron chi connectivity index (χ1n) is 8.18. The third kappa shape index (κ3) is 6.63. The molecule has 27 heavy (non-hydrogen) atoms. The van der Waals surface area contributed by atoms with Crippen LogP contribution in [0.2, 0.25) is 5.02 Å². The lowest BCUT2D eigenvalue weighted by molar-refractivity contribution is -0.150. The predicted molar refractivity (Wildman–Crippen MR) is 101 cm³/mol. The molecule has 1 aromatic rings. The average molecular weight is 401 g/mol. The first-order chi connectivity index (χ1) is 12.5. The van der Waals surface area contributed by atoms with E-state index in [-0.39, 0.29) is 10.9 Å². The Balaban J connectivity index is 2.64. The molecule has 150 valence electrons. The van der Waals surface area contributed by atoms with Gasteiger partial charge in [-0.2, -0.15) is 0 Å². The minimum atomic E-state index is -0.880. The highest BCUT2D eigenvalue weighted by atomic mass is 35.5. The number of rotatable bonds is 7. The molecule has 0 aliphatic carbocycles. The van der Waals surface area contributed by atoms with E-state index in [1.807, 2.05) is 0 Å². The fourth-order valence-corrected chi connectivity index (χ4v) is 2.12. The molecular weight excluding hydrogens is 376 g/mol. The molecule has 0 aliphatic rings. The Morgan fingerprint density at radius 2 is 1.70 bits per heavy atom. The number of carbonyl (C=O) groups excluding carboxylic acids is 3. The van der Waals surface area contributed by atoms with Crippen molar-refractivity contribution in [2.24, 2.45) is 5.41 Å². The van der Waals surface area contributed by atoms with Gasteiger partial charge in [0.25, 0.3) is 5.91 Å². The smallest absolute Gasteiger partial charge is 0.328 e. The quantitative estimate of drug-likeness (QED) is 0.681. The van der Waals surface area contributed by atoms with Gasteiger partial charge in [-0.3, -0.25) is 9.59 Å². The summed E-state index contributed by atoms with van der Waals surface area (Å²) in [7, 11) is 2.88. The van der Waals surface area contributed by atoms with Crippen LogP contribution in [0.4, 0.5) is 5.69 Å². The molecule has 0 spiro atoms. The molecule has 9 heteroatoms. The number of nitrogens with one attached hydrogen (secondary N) is 2. The molecule has 0 aromatic heterocycles. The van der Waals surface area contributed by atoms with E-state index in [9.17, 15) is 14.4 Å². The van der Waals surface area contributed by atoms with Crippen LogP contribution < -0.4 is 20.1 Å². The second-order valence-corrected chi connectivity index (χ2v) is 7.20. The first kappa shape index (κ1) is 22.6. The summed E-state index contributed by atoms with van der Waals surface area (Å²) < 4.78 is 15.2. The van der Waals surface area contributed by atoms with Gasteiger partial charge in [-0.15, -0.1) is 0 Å². The second-order valence-electron chi connectivity index (χ2n) is 6.79. The summed E-state index contributed by atoms with van der Waals surface area (Å²) in [4.78, 5) is 35.9. The Kier molecular flexibility index (Phi) is 7.90. The molecule has 2 N–H and O–H groups in total. The highest BCUT2D eigenvalue weighted by Crippen LogP contribution is 2.35. The zero-order chi connectivity index (χ0) is 20.8. The third-order valence-corrected chi connectivity index (χ3v) is 3.77. The molecule has 0 bridgehead atoms. The summed E-state index contributed by atoms with van der Waals surface area (Å²) >= 11 is 6.04. The number of methoxy groups -OCH3 is 2. The van der Waals surface area contributed by atoms with Crippen LogP contribution in [-0.2, 0) is 19.1 Å². The zero-order valence-electron chi connectivity index (χ0n) is 16.3. The van der Waals surface area contributed by atoms with Crippen molar-refractivity contribution in [1.29, 1.82) is 0 Å². The van der Waals surface area contributed by atoms with Crippen LogP contribution in [0.3, 0.4) is 0 Å². The van der Waals surface area contributed by atoms with Crippen LogP contribution >= 0.6 is 11.6 Å². The standard InChI is InChI=1S/C18H25ClN2O6/c1-10(20-17(24)18(2,3)4)16(23)27-9-15(22)21-12-7-11(19)13(25-5)8-14(12)26-6/h7-8,10H,9H2,1-6H3,(H,20,24)(H,21,22). The molecule has 1 aromatic carbocycles. The Morgan fingerprint density at radius 3 is 2.22 bits per heavy atom. The number of hydrogen-bond acceptors (Lipinski definition) is 6. The van der Waals surface area contributed by atoms with Gasteiger partial charge in [-0.25, -0.2) is 4.79 Å². The third-order valence-electron chi connectivity index (χ3n) is 3.48. The van der Waals surface area contributed by atoms with Crippen LogP contribution in [0.25, 0.3) is 0 Å². The molecule has 1 unspecified atom stereocenters. The molecule has 1 atom stereocenters. The number of ether oxygens (including phenoxy) is 3. The maximum atomic E-state index is 12.0. The van der Waals surface area contributed by atoms with Crippen molar-refractivity contribution in [3.63, 3.8) is 0 Å². The number of benzene rings is 1. The Labute approximate surface area is 163 Å². The normalized spacial score (nSPS) is 12.0. The van der Waals surface area contributed by atoms with E-state index < -0.39 is 29.9 Å². The highest BCUT2D eigenvalue weighted by molar-refractivity contribution is 6.32. The zero-order valence-corrected chi connectivity index (χ0v) is 17.0. The SMILES string of the molecule is COc1cc(OC)c(NC(=O)COC(=O)C(C)NC(=O)C(C)(C)C)cc1Cl. The van der Waals surface area contributed by atoms with Gasteiger partial charge in [0.2, 0.25) is 5.91 Å². The van der Waals surface area contributed by atoms with Gasteiger partial charge in [-0.05, 0) is 13.0 Å². The summed E-state index contributed by atoms with van der Waals surface area (Å²) in [6.07, 6.45) is 0. The fourth-order valence-electron chi connectivity index (χ4n) is 1.88. The van der Waals surface area contributed by atoms with E-state index in [4.69, 9.17) is 25.8 Å². The highest BCUT2D eigenvalue weighted by Gasteiger charge is 2.26. The number of hydrogen-bond donors (Lipinski definition) is 2. The van der Waals surface area contributed by atoms with Crippen molar-refractivity contribution in [2.75, 3.05) is 26.1 Å². The van der Waals surface area contributed by atoms with Gasteiger partial charge in [0.15, 0.2) is 6.61 Å². The molecular formula is C18H25ClN2O6. The van der Waals surface area contributed by atoms with Crippen molar-refractivity contribution < 1.29 is 28.6 Å². The number of anilines is 1. The fraction of sp³-hybridized carbons (Fsp3) is 0.500. The van der Waals surface area contributed by atoms with Crippen LogP contribution in [0.1, 0.15) is 27.7 Å². The van der Waals surface area contributed by atoms with Crippen molar-refractivity contribution >= 4 is 35.1 Å². The van der Waals surface area contributed by atoms with Gasteiger partial charge in [0.05, 0.1) is 24.9 Å². The Morgan fingerprint density at radius 1 is 1.11 bits per heavy atom. The first-order valence-corrected chi connectivity index (χ1v) is 8.56. The molecule has 8 nitrogen and oxygen atoms in total. The molecule has 0 radical (unpaired) electrons. The lowest BCUT2D eigenvalue weighted by Crippen LogP contribution is -2.45. The van der Waals surface area contributed by atoms with E-state index in [0.29, 0.717) is 17.2 Å². The van der Waals surface area contributed by atoms with Crippen LogP contribution in [-0.4, -0.2) is 44.7 Å².